The van der Waals surface area contributed by atoms with E-state index in [0.717, 1.165) is 17.8 Å². The Bertz CT molecular complexity index is 485. The van der Waals surface area contributed by atoms with E-state index >= 15 is 0 Å². The van der Waals surface area contributed by atoms with Crippen LogP contribution in [-0.2, 0) is 0 Å². The highest BCUT2D eigenvalue weighted by molar-refractivity contribution is 8.01. The van der Waals surface area contributed by atoms with Crippen LogP contribution in [0.15, 0.2) is 33.6 Å². The van der Waals surface area contributed by atoms with E-state index in [9.17, 15) is 8.78 Å². The van der Waals surface area contributed by atoms with E-state index in [0.29, 0.717) is 14.2 Å². The van der Waals surface area contributed by atoms with Crippen LogP contribution in [0.2, 0.25) is 0 Å². The third-order valence-electron chi connectivity index (χ3n) is 1.59. The zero-order valence-electron chi connectivity index (χ0n) is 7.41. The summed E-state index contributed by atoms with van der Waals surface area (Å²) < 4.78 is 26.5. The molecule has 0 saturated heterocycles. The Hall–Kier alpha value is -1.14. The summed E-state index contributed by atoms with van der Waals surface area (Å²) >= 11 is 2.39. The normalized spacial score (nSPS) is 10.5. The first-order chi connectivity index (χ1) is 7.15. The van der Waals surface area contributed by atoms with Crippen LogP contribution in [0.25, 0.3) is 0 Å². The second-order valence-electron chi connectivity index (χ2n) is 2.71. The Balaban J connectivity index is 2.24. The maximum absolute atomic E-state index is 13.2. The Morgan fingerprint density at radius 1 is 1.33 bits per heavy atom. The van der Waals surface area contributed by atoms with Crippen molar-refractivity contribution in [3.63, 3.8) is 0 Å². The molecule has 0 atom stereocenters. The van der Waals surface area contributed by atoms with Crippen molar-refractivity contribution in [2.75, 3.05) is 5.73 Å². The first-order valence-electron chi connectivity index (χ1n) is 3.99. The van der Waals surface area contributed by atoms with E-state index in [1.165, 1.54) is 29.7 Å². The molecule has 15 heavy (non-hydrogen) atoms. The van der Waals surface area contributed by atoms with Crippen LogP contribution in [0.5, 0.6) is 0 Å². The zero-order chi connectivity index (χ0) is 10.8. The summed E-state index contributed by atoms with van der Waals surface area (Å²) in [6, 6.07) is 3.44. The molecule has 2 aromatic rings. The smallest absolute Gasteiger partial charge is 0.156 e. The minimum Gasteiger partial charge on any atom is -0.389 e. The van der Waals surface area contributed by atoms with Crippen LogP contribution in [-0.4, -0.2) is 4.98 Å². The molecule has 0 fully saturated rings. The highest BCUT2D eigenvalue weighted by Gasteiger charge is 2.07. The van der Waals surface area contributed by atoms with Gasteiger partial charge in [0.2, 0.25) is 0 Å². The number of nitrogens with two attached hydrogens (primary N) is 1. The molecule has 6 heteroatoms. The van der Waals surface area contributed by atoms with E-state index in [1.807, 2.05) is 0 Å². The molecule has 2 nitrogen and oxygen atoms in total. The molecular weight excluding hydrogens is 238 g/mol. The molecular formula is C9H6F2N2S2. The lowest BCUT2D eigenvalue weighted by atomic mass is 10.3. The molecule has 1 aromatic carbocycles. The van der Waals surface area contributed by atoms with E-state index in [1.54, 1.807) is 0 Å². The lowest BCUT2D eigenvalue weighted by Gasteiger charge is -1.99. The zero-order valence-corrected chi connectivity index (χ0v) is 9.04. The largest absolute Gasteiger partial charge is 0.389 e. The molecule has 0 saturated carbocycles. The highest BCUT2D eigenvalue weighted by atomic mass is 32.2. The summed E-state index contributed by atoms with van der Waals surface area (Å²) in [6.45, 7) is 0. The standard InChI is InChI=1S/C9H6F2N2S2/c10-5-1-2-7(6(11)3-5)14-9-13-4-8(12)15-9/h1-4H,12H2. The Labute approximate surface area is 93.1 Å². The number of anilines is 1. The number of aromatic nitrogens is 1. The van der Waals surface area contributed by atoms with Gasteiger partial charge in [0.1, 0.15) is 16.6 Å². The van der Waals surface area contributed by atoms with Crippen LogP contribution in [0.3, 0.4) is 0 Å². The van der Waals surface area contributed by atoms with Crippen molar-refractivity contribution in [2.45, 2.75) is 9.24 Å². The van der Waals surface area contributed by atoms with Crippen molar-refractivity contribution in [3.05, 3.63) is 36.0 Å². The van der Waals surface area contributed by atoms with Gasteiger partial charge in [-0.1, -0.05) is 23.1 Å². The van der Waals surface area contributed by atoms with Gasteiger partial charge in [0.25, 0.3) is 0 Å². The van der Waals surface area contributed by atoms with Gasteiger partial charge < -0.3 is 5.73 Å². The fourth-order valence-corrected chi connectivity index (χ4v) is 2.69. The van der Waals surface area contributed by atoms with Crippen LogP contribution in [0.4, 0.5) is 13.8 Å². The maximum Gasteiger partial charge on any atom is 0.156 e. The lowest BCUT2D eigenvalue weighted by Crippen LogP contribution is -1.82. The lowest BCUT2D eigenvalue weighted by molar-refractivity contribution is 0.565. The minimum absolute atomic E-state index is 0.339. The van der Waals surface area contributed by atoms with Gasteiger partial charge >= 0.3 is 0 Å². The van der Waals surface area contributed by atoms with Crippen LogP contribution in [0, 0.1) is 11.6 Å². The SMILES string of the molecule is Nc1cnc(Sc2ccc(F)cc2F)s1. The van der Waals surface area contributed by atoms with E-state index in [-0.39, 0.29) is 0 Å². The van der Waals surface area contributed by atoms with E-state index in [4.69, 9.17) is 5.73 Å². The average Bonchev–Trinajstić information content (AvgIpc) is 2.56. The summed E-state index contributed by atoms with van der Waals surface area (Å²) in [6.07, 6.45) is 1.51. The predicted molar refractivity (Wildman–Crippen MR) is 57.0 cm³/mol. The molecule has 0 aliphatic rings. The molecule has 2 N–H and O–H groups in total. The first kappa shape index (κ1) is 10.4. The topological polar surface area (TPSA) is 38.9 Å². The average molecular weight is 244 g/mol. The molecule has 0 bridgehead atoms. The number of hydrogen-bond acceptors (Lipinski definition) is 4. The van der Waals surface area contributed by atoms with E-state index < -0.39 is 11.6 Å². The van der Waals surface area contributed by atoms with Crippen molar-refractivity contribution in [1.29, 1.82) is 0 Å². The third-order valence-corrected chi connectivity index (χ3v) is 3.55. The predicted octanol–water partition coefficient (Wildman–Crippen LogP) is 3.15. The summed E-state index contributed by atoms with van der Waals surface area (Å²) in [4.78, 5) is 4.31. The molecule has 0 amide bonds. The van der Waals surface area contributed by atoms with Crippen LogP contribution >= 0.6 is 23.1 Å². The van der Waals surface area contributed by atoms with Crippen molar-refractivity contribution < 1.29 is 8.78 Å². The number of hydrogen-bond donors (Lipinski definition) is 1. The Morgan fingerprint density at radius 2 is 2.13 bits per heavy atom. The molecule has 1 aromatic heterocycles. The van der Waals surface area contributed by atoms with Crippen molar-refractivity contribution in [2.24, 2.45) is 0 Å². The number of thiazole rings is 1. The third kappa shape index (κ3) is 2.45. The van der Waals surface area contributed by atoms with Crippen molar-refractivity contribution in [1.82, 2.24) is 4.98 Å². The van der Waals surface area contributed by atoms with Gasteiger partial charge in [-0.25, -0.2) is 13.8 Å². The summed E-state index contributed by atoms with van der Waals surface area (Å²) in [7, 11) is 0. The monoisotopic (exact) mass is 244 g/mol. The number of benzene rings is 1. The number of rotatable bonds is 2. The molecule has 0 unspecified atom stereocenters. The van der Waals surface area contributed by atoms with Crippen molar-refractivity contribution >= 4 is 28.1 Å². The van der Waals surface area contributed by atoms with Gasteiger partial charge in [0, 0.05) is 6.07 Å². The Kier molecular flexibility index (Phi) is 2.88. The molecule has 0 radical (unpaired) electrons. The maximum atomic E-state index is 13.2. The minimum atomic E-state index is -0.589. The molecule has 0 aliphatic carbocycles. The van der Waals surface area contributed by atoms with Gasteiger partial charge in [-0.15, -0.1) is 0 Å². The highest BCUT2D eigenvalue weighted by Crippen LogP contribution is 2.33. The fraction of sp³-hybridized carbons (Fsp3) is 0. The number of nitrogens with zero attached hydrogens (tertiary/aromatic N) is 1. The molecule has 1 heterocycles. The number of nitrogen functional groups attached to an aromatic ring is 1. The number of halogens is 2. The summed E-state index contributed by atoms with van der Waals surface area (Å²) in [5.41, 5.74) is 5.48. The summed E-state index contributed by atoms with van der Waals surface area (Å²) in [5.74, 6) is -1.18. The second kappa shape index (κ2) is 4.16. The van der Waals surface area contributed by atoms with Gasteiger partial charge in [-0.2, -0.15) is 0 Å². The first-order valence-corrected chi connectivity index (χ1v) is 5.62. The quantitative estimate of drug-likeness (QED) is 0.882. The fourth-order valence-electron chi connectivity index (χ4n) is 0.969. The van der Waals surface area contributed by atoms with Gasteiger partial charge in [-0.3, -0.25) is 0 Å². The van der Waals surface area contributed by atoms with Crippen molar-refractivity contribution in [3.8, 4) is 0 Å². The molecule has 0 aliphatic heterocycles. The molecule has 0 spiro atoms. The molecule has 78 valence electrons. The second-order valence-corrected chi connectivity index (χ2v) is 5.06. The van der Waals surface area contributed by atoms with Gasteiger partial charge in [0.05, 0.1) is 11.1 Å². The van der Waals surface area contributed by atoms with Gasteiger partial charge in [0.15, 0.2) is 4.34 Å². The van der Waals surface area contributed by atoms with E-state index in [2.05, 4.69) is 4.98 Å². The van der Waals surface area contributed by atoms with Crippen LogP contribution < -0.4 is 5.73 Å². The summed E-state index contributed by atoms with van der Waals surface area (Å²) in [5, 5.41) is 0.569. The van der Waals surface area contributed by atoms with Crippen LogP contribution in [0.1, 0.15) is 0 Å². The Morgan fingerprint density at radius 3 is 2.73 bits per heavy atom. The molecule has 2 rings (SSSR count). The van der Waals surface area contributed by atoms with Gasteiger partial charge in [-0.05, 0) is 12.1 Å².